The van der Waals surface area contributed by atoms with Crippen molar-refractivity contribution in [2.24, 2.45) is 0 Å². The number of pyridine rings is 1. The molecule has 0 saturated heterocycles. The number of hydrogen-bond acceptors (Lipinski definition) is 2. The molecule has 0 unspecified atom stereocenters. The third-order valence-electron chi connectivity index (χ3n) is 2.86. The Morgan fingerprint density at radius 1 is 1.10 bits per heavy atom. The zero-order valence-electron chi connectivity index (χ0n) is 11.1. The topological polar surface area (TPSA) is 22.1 Å². The van der Waals surface area contributed by atoms with E-state index in [1.54, 1.807) is 12.1 Å². The summed E-state index contributed by atoms with van der Waals surface area (Å²) in [4.78, 5) is 4.21. The van der Waals surface area contributed by atoms with Crippen LogP contribution in [0.15, 0.2) is 36.5 Å². The molecule has 20 heavy (non-hydrogen) atoms. The van der Waals surface area contributed by atoms with E-state index >= 15 is 0 Å². The van der Waals surface area contributed by atoms with Gasteiger partial charge in [-0.15, -0.1) is 0 Å². The molecule has 0 aliphatic heterocycles. The molecule has 106 valence electrons. The Kier molecular flexibility index (Phi) is 4.27. The van der Waals surface area contributed by atoms with Gasteiger partial charge in [-0.3, -0.25) is 4.98 Å². The monoisotopic (exact) mass is 281 g/mol. The molecule has 5 heteroatoms. The number of aromatic nitrogens is 1. The summed E-state index contributed by atoms with van der Waals surface area (Å²) in [5.74, 6) is -0.581. The molecular formula is C15H14F3NO. The third kappa shape index (κ3) is 3.10. The highest BCUT2D eigenvalue weighted by molar-refractivity contribution is 5.70. The number of benzene rings is 1. The van der Waals surface area contributed by atoms with E-state index in [2.05, 4.69) is 9.72 Å². The highest BCUT2D eigenvalue weighted by Gasteiger charge is 2.16. The molecule has 1 aromatic heterocycles. The largest absolute Gasteiger partial charge is 0.434 e. The van der Waals surface area contributed by atoms with Crippen LogP contribution in [0.5, 0.6) is 5.75 Å². The molecule has 0 spiro atoms. The minimum Gasteiger partial charge on any atom is -0.434 e. The molecule has 2 nitrogen and oxygen atoms in total. The molecule has 0 fully saturated rings. The quantitative estimate of drug-likeness (QED) is 0.816. The van der Waals surface area contributed by atoms with Crippen LogP contribution in [-0.4, -0.2) is 11.6 Å². The molecule has 0 aliphatic rings. The molecule has 0 radical (unpaired) electrons. The predicted octanol–water partition coefficient (Wildman–Crippen LogP) is 4.61. The SMILES string of the molecule is CC(C)c1ccc(-c2c(F)cccc2OC(F)F)cn1. The molecule has 1 aromatic carbocycles. The first-order valence-electron chi connectivity index (χ1n) is 6.18. The van der Waals surface area contributed by atoms with Gasteiger partial charge < -0.3 is 4.74 Å². The van der Waals surface area contributed by atoms with Gasteiger partial charge in [0.1, 0.15) is 11.6 Å². The average molecular weight is 281 g/mol. The van der Waals surface area contributed by atoms with Crippen LogP contribution >= 0.6 is 0 Å². The minimum atomic E-state index is -3.00. The van der Waals surface area contributed by atoms with Crippen LogP contribution in [0.3, 0.4) is 0 Å². The molecule has 1 heterocycles. The van der Waals surface area contributed by atoms with Gasteiger partial charge in [0.15, 0.2) is 0 Å². The summed E-state index contributed by atoms with van der Waals surface area (Å²) in [6, 6.07) is 7.23. The van der Waals surface area contributed by atoms with Crippen molar-refractivity contribution in [2.45, 2.75) is 26.4 Å². The lowest BCUT2D eigenvalue weighted by molar-refractivity contribution is -0.0495. The Labute approximate surface area is 115 Å². The van der Waals surface area contributed by atoms with Gasteiger partial charge in [0.25, 0.3) is 0 Å². The standard InChI is InChI=1S/C15H14F3NO/c1-9(2)12-7-6-10(8-19-12)14-11(16)4-3-5-13(14)20-15(17)18/h3-9,15H,1-2H3. The summed E-state index contributed by atoms with van der Waals surface area (Å²) in [7, 11) is 0. The molecule has 0 atom stereocenters. The summed E-state index contributed by atoms with van der Waals surface area (Å²) < 4.78 is 43.0. The van der Waals surface area contributed by atoms with Crippen molar-refractivity contribution < 1.29 is 17.9 Å². The molecule has 0 saturated carbocycles. The molecular weight excluding hydrogens is 267 g/mol. The van der Waals surface area contributed by atoms with E-state index in [1.807, 2.05) is 13.8 Å². The Morgan fingerprint density at radius 3 is 2.40 bits per heavy atom. The van der Waals surface area contributed by atoms with E-state index in [0.717, 1.165) is 5.69 Å². The lowest BCUT2D eigenvalue weighted by Gasteiger charge is -2.12. The number of ether oxygens (including phenoxy) is 1. The van der Waals surface area contributed by atoms with Crippen LogP contribution in [0.2, 0.25) is 0 Å². The van der Waals surface area contributed by atoms with Crippen molar-refractivity contribution in [2.75, 3.05) is 0 Å². The minimum absolute atomic E-state index is 0.00407. The van der Waals surface area contributed by atoms with Gasteiger partial charge in [-0.05, 0) is 24.1 Å². The Balaban J connectivity index is 2.45. The van der Waals surface area contributed by atoms with Crippen molar-refractivity contribution in [3.63, 3.8) is 0 Å². The Morgan fingerprint density at radius 2 is 1.85 bits per heavy atom. The lowest BCUT2D eigenvalue weighted by Crippen LogP contribution is -2.04. The van der Waals surface area contributed by atoms with Crippen molar-refractivity contribution in [3.8, 4) is 16.9 Å². The molecule has 2 rings (SSSR count). The maximum absolute atomic E-state index is 13.9. The first-order chi connectivity index (χ1) is 9.49. The van der Waals surface area contributed by atoms with Crippen LogP contribution in [0, 0.1) is 5.82 Å². The van der Waals surface area contributed by atoms with E-state index < -0.39 is 12.4 Å². The van der Waals surface area contributed by atoms with E-state index in [-0.39, 0.29) is 17.2 Å². The van der Waals surface area contributed by atoms with Gasteiger partial charge in [-0.1, -0.05) is 26.0 Å². The number of halogens is 3. The normalized spacial score (nSPS) is 11.2. The summed E-state index contributed by atoms with van der Waals surface area (Å²) in [5.41, 5.74) is 1.25. The van der Waals surface area contributed by atoms with Gasteiger partial charge in [0.05, 0.1) is 5.56 Å². The van der Waals surface area contributed by atoms with Gasteiger partial charge in [0.2, 0.25) is 0 Å². The molecule has 0 N–H and O–H groups in total. The molecule has 2 aromatic rings. The van der Waals surface area contributed by atoms with Crippen LogP contribution in [0.1, 0.15) is 25.5 Å². The highest BCUT2D eigenvalue weighted by Crippen LogP contribution is 2.33. The Hall–Kier alpha value is -2.04. The fourth-order valence-electron chi connectivity index (χ4n) is 1.87. The number of nitrogens with zero attached hydrogens (tertiary/aromatic N) is 1. The van der Waals surface area contributed by atoms with Gasteiger partial charge >= 0.3 is 6.61 Å². The van der Waals surface area contributed by atoms with Crippen molar-refractivity contribution in [3.05, 3.63) is 48.0 Å². The number of alkyl halides is 2. The smallest absolute Gasteiger partial charge is 0.387 e. The molecule has 0 aliphatic carbocycles. The highest BCUT2D eigenvalue weighted by atomic mass is 19.3. The fraction of sp³-hybridized carbons (Fsp3) is 0.267. The second-order valence-corrected chi connectivity index (χ2v) is 4.62. The summed E-state index contributed by atoms with van der Waals surface area (Å²) in [6.07, 6.45) is 1.46. The van der Waals surface area contributed by atoms with E-state index in [9.17, 15) is 13.2 Å². The number of hydrogen-bond donors (Lipinski definition) is 0. The van der Waals surface area contributed by atoms with Crippen LogP contribution in [0.4, 0.5) is 13.2 Å². The third-order valence-corrected chi connectivity index (χ3v) is 2.86. The molecule has 0 bridgehead atoms. The van der Waals surface area contributed by atoms with Gasteiger partial charge in [-0.25, -0.2) is 4.39 Å². The molecule has 0 amide bonds. The second-order valence-electron chi connectivity index (χ2n) is 4.62. The second kappa shape index (κ2) is 5.94. The maximum Gasteiger partial charge on any atom is 0.387 e. The zero-order chi connectivity index (χ0) is 14.7. The summed E-state index contributed by atoms with van der Waals surface area (Å²) >= 11 is 0. The van der Waals surface area contributed by atoms with Crippen molar-refractivity contribution in [1.29, 1.82) is 0 Å². The average Bonchev–Trinajstić information content (AvgIpc) is 2.38. The Bertz CT molecular complexity index is 582. The predicted molar refractivity (Wildman–Crippen MR) is 70.4 cm³/mol. The van der Waals surface area contributed by atoms with E-state index in [1.165, 1.54) is 24.4 Å². The zero-order valence-corrected chi connectivity index (χ0v) is 11.1. The van der Waals surface area contributed by atoms with Crippen molar-refractivity contribution >= 4 is 0 Å². The maximum atomic E-state index is 13.9. The lowest BCUT2D eigenvalue weighted by atomic mass is 10.0. The van der Waals surface area contributed by atoms with Gasteiger partial charge in [-0.2, -0.15) is 8.78 Å². The first-order valence-corrected chi connectivity index (χ1v) is 6.18. The number of rotatable bonds is 4. The van der Waals surface area contributed by atoms with Gasteiger partial charge in [0, 0.05) is 17.5 Å². The van der Waals surface area contributed by atoms with E-state index in [4.69, 9.17) is 0 Å². The fourth-order valence-corrected chi connectivity index (χ4v) is 1.87. The van der Waals surface area contributed by atoms with Crippen LogP contribution in [-0.2, 0) is 0 Å². The summed E-state index contributed by atoms with van der Waals surface area (Å²) in [6.45, 7) is 0.964. The van der Waals surface area contributed by atoms with Crippen molar-refractivity contribution in [1.82, 2.24) is 4.98 Å². The van der Waals surface area contributed by atoms with Crippen LogP contribution in [0.25, 0.3) is 11.1 Å². The van der Waals surface area contributed by atoms with E-state index in [0.29, 0.717) is 5.56 Å². The van der Waals surface area contributed by atoms with Crippen LogP contribution < -0.4 is 4.74 Å². The summed E-state index contributed by atoms with van der Waals surface area (Å²) in [5, 5.41) is 0. The first kappa shape index (κ1) is 14.4.